The van der Waals surface area contributed by atoms with Crippen LogP contribution in [0.1, 0.15) is 13.3 Å². The number of amides is 2. The van der Waals surface area contributed by atoms with Crippen molar-refractivity contribution in [2.75, 3.05) is 32.0 Å². The van der Waals surface area contributed by atoms with Gasteiger partial charge in [0, 0.05) is 12.2 Å². The zero-order valence-electron chi connectivity index (χ0n) is 13.2. The molecule has 0 bridgehead atoms. The largest absolute Gasteiger partial charge is 0.355 e. The standard InChI is InChI=1S/C14H22N4O4S/c1-3-7-16-13(19)9-18(2)10-14(20)17-11-5-4-6-12(8-11)23(15,21)22/h4-6,8H,3,7,9-10H2,1-2H3,(H,16,19)(H,17,20)(H2,15,21,22). The molecule has 4 N–H and O–H groups in total. The van der Waals surface area contributed by atoms with Gasteiger partial charge in [-0.3, -0.25) is 14.5 Å². The van der Waals surface area contributed by atoms with Crippen LogP contribution in [0.4, 0.5) is 5.69 Å². The third kappa shape index (κ3) is 7.22. The predicted octanol–water partition coefficient (Wildman–Crippen LogP) is -0.269. The first kappa shape index (κ1) is 19.1. The molecule has 9 heteroatoms. The summed E-state index contributed by atoms with van der Waals surface area (Å²) in [7, 11) is -2.18. The molecule has 0 heterocycles. The highest BCUT2D eigenvalue weighted by Crippen LogP contribution is 2.13. The minimum Gasteiger partial charge on any atom is -0.355 e. The molecule has 0 aliphatic carbocycles. The molecule has 0 unspecified atom stereocenters. The molecule has 2 amide bonds. The van der Waals surface area contributed by atoms with E-state index in [-0.39, 0.29) is 29.8 Å². The molecule has 0 aromatic heterocycles. The fraction of sp³-hybridized carbons (Fsp3) is 0.429. The lowest BCUT2D eigenvalue weighted by Gasteiger charge is -2.16. The number of anilines is 1. The van der Waals surface area contributed by atoms with Crippen LogP contribution in [0.2, 0.25) is 0 Å². The Kier molecular flexibility index (Phi) is 7.14. The van der Waals surface area contributed by atoms with Crippen LogP contribution in [-0.2, 0) is 19.6 Å². The Morgan fingerprint density at radius 2 is 1.87 bits per heavy atom. The molecule has 0 spiro atoms. The molecular formula is C14H22N4O4S. The number of carbonyl (C=O) groups is 2. The van der Waals surface area contributed by atoms with Crippen LogP contribution >= 0.6 is 0 Å². The van der Waals surface area contributed by atoms with E-state index in [4.69, 9.17) is 5.14 Å². The van der Waals surface area contributed by atoms with E-state index in [0.29, 0.717) is 12.2 Å². The molecule has 0 saturated heterocycles. The summed E-state index contributed by atoms with van der Waals surface area (Å²) in [5.74, 6) is -0.513. The molecule has 0 aliphatic rings. The highest BCUT2D eigenvalue weighted by Gasteiger charge is 2.12. The molecule has 0 aliphatic heterocycles. The number of likely N-dealkylation sites (N-methyl/N-ethyl adjacent to an activating group) is 1. The fourth-order valence-electron chi connectivity index (χ4n) is 1.82. The van der Waals surface area contributed by atoms with E-state index in [1.165, 1.54) is 18.2 Å². The second-order valence-corrected chi connectivity index (χ2v) is 6.70. The number of rotatable bonds is 8. The summed E-state index contributed by atoms with van der Waals surface area (Å²) >= 11 is 0. The minimum absolute atomic E-state index is 0.000846. The molecule has 1 aromatic carbocycles. The highest BCUT2D eigenvalue weighted by atomic mass is 32.2. The molecular weight excluding hydrogens is 320 g/mol. The maximum absolute atomic E-state index is 11.9. The van der Waals surface area contributed by atoms with Gasteiger partial charge in [0.1, 0.15) is 0 Å². The molecule has 8 nitrogen and oxygen atoms in total. The highest BCUT2D eigenvalue weighted by molar-refractivity contribution is 7.89. The van der Waals surface area contributed by atoms with Crippen molar-refractivity contribution < 1.29 is 18.0 Å². The summed E-state index contributed by atoms with van der Waals surface area (Å²) in [6.07, 6.45) is 0.844. The zero-order valence-corrected chi connectivity index (χ0v) is 14.0. The van der Waals surface area contributed by atoms with E-state index in [2.05, 4.69) is 10.6 Å². The lowest BCUT2D eigenvalue weighted by atomic mass is 10.3. The van der Waals surface area contributed by atoms with Gasteiger partial charge in [-0.1, -0.05) is 13.0 Å². The number of nitrogens with zero attached hydrogens (tertiary/aromatic N) is 1. The number of primary sulfonamides is 1. The number of benzene rings is 1. The third-order valence-corrected chi connectivity index (χ3v) is 3.76. The topological polar surface area (TPSA) is 122 Å². The van der Waals surface area contributed by atoms with Gasteiger partial charge in [-0.05, 0) is 31.7 Å². The van der Waals surface area contributed by atoms with Crippen LogP contribution in [0.15, 0.2) is 29.2 Å². The third-order valence-electron chi connectivity index (χ3n) is 2.85. The predicted molar refractivity (Wildman–Crippen MR) is 87.2 cm³/mol. The van der Waals surface area contributed by atoms with Crippen molar-refractivity contribution in [1.82, 2.24) is 10.2 Å². The normalized spacial score (nSPS) is 11.3. The first-order chi connectivity index (χ1) is 10.7. The maximum Gasteiger partial charge on any atom is 0.238 e. The van der Waals surface area contributed by atoms with E-state index in [0.717, 1.165) is 6.42 Å². The quantitative estimate of drug-likeness (QED) is 0.600. The summed E-state index contributed by atoms with van der Waals surface area (Å²) in [4.78, 5) is 24.9. The molecule has 0 atom stereocenters. The van der Waals surface area contributed by atoms with Crippen LogP contribution < -0.4 is 15.8 Å². The second-order valence-electron chi connectivity index (χ2n) is 5.14. The Labute approximate surface area is 136 Å². The van der Waals surface area contributed by atoms with Crippen molar-refractivity contribution in [2.24, 2.45) is 5.14 Å². The summed E-state index contributed by atoms with van der Waals surface area (Å²) in [6.45, 7) is 2.65. The van der Waals surface area contributed by atoms with Gasteiger partial charge in [-0.25, -0.2) is 13.6 Å². The summed E-state index contributed by atoms with van der Waals surface area (Å²) in [6, 6.07) is 5.66. The van der Waals surface area contributed by atoms with Crippen molar-refractivity contribution >= 4 is 27.5 Å². The minimum atomic E-state index is -3.82. The Hall–Kier alpha value is -1.97. The van der Waals surface area contributed by atoms with Gasteiger partial charge in [-0.2, -0.15) is 0 Å². The summed E-state index contributed by atoms with van der Waals surface area (Å²) in [5.41, 5.74) is 0.324. The van der Waals surface area contributed by atoms with E-state index >= 15 is 0 Å². The number of hydrogen-bond donors (Lipinski definition) is 3. The van der Waals surface area contributed by atoms with Gasteiger partial charge in [0.15, 0.2) is 0 Å². The van der Waals surface area contributed by atoms with E-state index in [9.17, 15) is 18.0 Å². The number of hydrogen-bond acceptors (Lipinski definition) is 5. The van der Waals surface area contributed by atoms with Gasteiger partial charge < -0.3 is 10.6 Å². The van der Waals surface area contributed by atoms with Gasteiger partial charge >= 0.3 is 0 Å². The van der Waals surface area contributed by atoms with Crippen molar-refractivity contribution in [2.45, 2.75) is 18.2 Å². The van der Waals surface area contributed by atoms with Gasteiger partial charge in [-0.15, -0.1) is 0 Å². The summed E-state index contributed by atoms with van der Waals surface area (Å²) < 4.78 is 22.5. The Morgan fingerprint density at radius 3 is 2.48 bits per heavy atom. The maximum atomic E-state index is 11.9. The van der Waals surface area contributed by atoms with Gasteiger partial charge in [0.05, 0.1) is 18.0 Å². The summed E-state index contributed by atoms with van der Waals surface area (Å²) in [5, 5.41) is 10.3. The van der Waals surface area contributed by atoms with Crippen molar-refractivity contribution in [1.29, 1.82) is 0 Å². The van der Waals surface area contributed by atoms with Crippen LogP contribution in [0.25, 0.3) is 0 Å². The van der Waals surface area contributed by atoms with E-state index in [1.54, 1.807) is 18.0 Å². The monoisotopic (exact) mass is 342 g/mol. The molecule has 1 rings (SSSR count). The van der Waals surface area contributed by atoms with Gasteiger partial charge in [0.2, 0.25) is 21.8 Å². The average molecular weight is 342 g/mol. The van der Waals surface area contributed by atoms with Crippen LogP contribution in [0.5, 0.6) is 0 Å². The number of nitrogens with one attached hydrogen (secondary N) is 2. The van der Waals surface area contributed by atoms with Crippen molar-refractivity contribution in [3.63, 3.8) is 0 Å². The second kappa shape index (κ2) is 8.61. The average Bonchev–Trinajstić information content (AvgIpc) is 2.44. The van der Waals surface area contributed by atoms with Gasteiger partial charge in [0.25, 0.3) is 0 Å². The first-order valence-corrected chi connectivity index (χ1v) is 8.65. The smallest absolute Gasteiger partial charge is 0.238 e. The van der Waals surface area contributed by atoms with Crippen LogP contribution in [-0.4, -0.2) is 51.8 Å². The molecule has 0 radical (unpaired) electrons. The van der Waals surface area contributed by atoms with Crippen molar-refractivity contribution in [3.8, 4) is 0 Å². The number of sulfonamides is 1. The Bertz CT molecular complexity index is 660. The molecule has 128 valence electrons. The zero-order chi connectivity index (χ0) is 17.5. The lowest BCUT2D eigenvalue weighted by molar-refractivity contribution is -0.122. The van der Waals surface area contributed by atoms with Crippen LogP contribution in [0.3, 0.4) is 0 Å². The number of carbonyl (C=O) groups excluding carboxylic acids is 2. The lowest BCUT2D eigenvalue weighted by Crippen LogP contribution is -2.39. The molecule has 23 heavy (non-hydrogen) atoms. The fourth-order valence-corrected chi connectivity index (χ4v) is 2.38. The van der Waals surface area contributed by atoms with E-state index in [1.807, 2.05) is 6.92 Å². The SMILES string of the molecule is CCCNC(=O)CN(C)CC(=O)Nc1cccc(S(N)(=O)=O)c1. The first-order valence-electron chi connectivity index (χ1n) is 7.10. The number of nitrogens with two attached hydrogens (primary N) is 1. The molecule has 0 saturated carbocycles. The molecule has 0 fully saturated rings. The van der Waals surface area contributed by atoms with Crippen molar-refractivity contribution in [3.05, 3.63) is 24.3 Å². The van der Waals surface area contributed by atoms with Crippen LogP contribution in [0, 0.1) is 0 Å². The van der Waals surface area contributed by atoms with E-state index < -0.39 is 10.0 Å². The molecule has 1 aromatic rings. The Balaban J connectivity index is 2.55. The Morgan fingerprint density at radius 1 is 1.22 bits per heavy atom.